The summed E-state index contributed by atoms with van der Waals surface area (Å²) in [5.41, 5.74) is 0. The maximum absolute atomic E-state index is 5.28. The molecule has 0 aliphatic carbocycles. The van der Waals surface area contributed by atoms with Crippen molar-refractivity contribution < 1.29 is 9.47 Å². The molecule has 0 saturated carbocycles. The number of nitrogens with one attached hydrogen (secondary N) is 2. The van der Waals surface area contributed by atoms with Crippen LogP contribution in [-0.2, 0) is 9.47 Å². The molecule has 20 heavy (non-hydrogen) atoms. The van der Waals surface area contributed by atoms with E-state index in [-0.39, 0.29) is 24.0 Å². The Balaban J connectivity index is 0. The van der Waals surface area contributed by atoms with Crippen molar-refractivity contribution in [1.29, 1.82) is 0 Å². The van der Waals surface area contributed by atoms with Crippen LogP contribution in [0.25, 0.3) is 0 Å². The SMILES string of the molecule is CCOCCCNC(=NC)NCCN(C)CCOC.I. The Morgan fingerprint density at radius 2 is 1.85 bits per heavy atom. The van der Waals surface area contributed by atoms with Crippen molar-refractivity contribution in [3.05, 3.63) is 0 Å². The highest BCUT2D eigenvalue weighted by Crippen LogP contribution is 1.82. The van der Waals surface area contributed by atoms with E-state index in [2.05, 4.69) is 27.6 Å². The van der Waals surface area contributed by atoms with E-state index in [0.29, 0.717) is 0 Å². The molecule has 0 bridgehead atoms. The summed E-state index contributed by atoms with van der Waals surface area (Å²) in [6.07, 6.45) is 0.988. The number of halogens is 1. The van der Waals surface area contributed by atoms with Gasteiger partial charge < -0.3 is 25.0 Å². The minimum absolute atomic E-state index is 0. The Morgan fingerprint density at radius 1 is 1.15 bits per heavy atom. The van der Waals surface area contributed by atoms with E-state index in [0.717, 1.165) is 58.4 Å². The van der Waals surface area contributed by atoms with Gasteiger partial charge in [0.15, 0.2) is 5.96 Å². The van der Waals surface area contributed by atoms with Gasteiger partial charge in [-0.2, -0.15) is 0 Å². The lowest BCUT2D eigenvalue weighted by Crippen LogP contribution is -2.41. The molecule has 6 nitrogen and oxygen atoms in total. The van der Waals surface area contributed by atoms with Crippen molar-refractivity contribution in [1.82, 2.24) is 15.5 Å². The van der Waals surface area contributed by atoms with E-state index in [1.807, 2.05) is 6.92 Å². The fourth-order valence-electron chi connectivity index (χ4n) is 1.47. The molecule has 0 heterocycles. The second-order valence-electron chi connectivity index (χ2n) is 4.27. The average molecular weight is 402 g/mol. The highest BCUT2D eigenvalue weighted by atomic mass is 127. The summed E-state index contributed by atoms with van der Waals surface area (Å²) in [5.74, 6) is 0.844. The Morgan fingerprint density at radius 3 is 2.45 bits per heavy atom. The van der Waals surface area contributed by atoms with Gasteiger partial charge in [0.1, 0.15) is 0 Å². The topological polar surface area (TPSA) is 58.1 Å². The maximum atomic E-state index is 5.28. The zero-order valence-corrected chi connectivity index (χ0v) is 15.6. The lowest BCUT2D eigenvalue weighted by atomic mass is 10.4. The van der Waals surface area contributed by atoms with Crippen molar-refractivity contribution in [2.75, 3.05) is 67.2 Å². The number of aliphatic imine (C=N–C) groups is 1. The first-order valence-electron chi connectivity index (χ1n) is 6.94. The number of guanidine groups is 1. The predicted molar refractivity (Wildman–Crippen MR) is 95.3 cm³/mol. The van der Waals surface area contributed by atoms with Crippen molar-refractivity contribution in [3.63, 3.8) is 0 Å². The molecule has 0 radical (unpaired) electrons. The molecule has 0 fully saturated rings. The molecule has 122 valence electrons. The summed E-state index contributed by atoms with van der Waals surface area (Å²) in [5, 5.41) is 6.54. The summed E-state index contributed by atoms with van der Waals surface area (Å²) < 4.78 is 10.3. The predicted octanol–water partition coefficient (Wildman–Crippen LogP) is 0.774. The van der Waals surface area contributed by atoms with Crippen LogP contribution in [-0.4, -0.2) is 78.1 Å². The second-order valence-corrected chi connectivity index (χ2v) is 4.27. The molecule has 0 aromatic heterocycles. The molecule has 2 N–H and O–H groups in total. The van der Waals surface area contributed by atoms with Gasteiger partial charge in [-0.25, -0.2) is 0 Å². The molecular weight excluding hydrogens is 371 g/mol. The zero-order valence-electron chi connectivity index (χ0n) is 13.3. The van der Waals surface area contributed by atoms with E-state index in [4.69, 9.17) is 9.47 Å². The van der Waals surface area contributed by atoms with Crippen molar-refractivity contribution in [3.8, 4) is 0 Å². The summed E-state index contributed by atoms with van der Waals surface area (Å²) in [7, 11) is 5.59. The van der Waals surface area contributed by atoms with Crippen LogP contribution < -0.4 is 10.6 Å². The fraction of sp³-hybridized carbons (Fsp3) is 0.923. The Labute approximate surface area is 140 Å². The highest BCUT2D eigenvalue weighted by Gasteiger charge is 1.99. The number of rotatable bonds is 11. The number of ether oxygens (including phenoxy) is 2. The van der Waals surface area contributed by atoms with Crippen LogP contribution in [0.1, 0.15) is 13.3 Å². The van der Waals surface area contributed by atoms with Crippen LogP contribution in [0.4, 0.5) is 0 Å². The lowest BCUT2D eigenvalue weighted by molar-refractivity contribution is 0.145. The first-order chi connectivity index (χ1) is 9.24. The van der Waals surface area contributed by atoms with Crippen LogP contribution in [0.15, 0.2) is 4.99 Å². The molecule has 0 atom stereocenters. The quantitative estimate of drug-likeness (QED) is 0.232. The molecule has 0 spiro atoms. The highest BCUT2D eigenvalue weighted by molar-refractivity contribution is 14.0. The molecule has 0 aliphatic rings. The van der Waals surface area contributed by atoms with E-state index in [1.54, 1.807) is 14.2 Å². The van der Waals surface area contributed by atoms with Gasteiger partial charge in [0.25, 0.3) is 0 Å². The van der Waals surface area contributed by atoms with Gasteiger partial charge in [-0.1, -0.05) is 0 Å². The summed E-state index contributed by atoms with van der Waals surface area (Å²) in [6.45, 7) is 7.99. The Hall–Kier alpha value is -0.120. The van der Waals surface area contributed by atoms with Crippen molar-refractivity contribution in [2.24, 2.45) is 4.99 Å². The molecule has 0 unspecified atom stereocenters. The smallest absolute Gasteiger partial charge is 0.191 e. The standard InChI is InChI=1S/C13H30N4O2.HI/c1-5-19-11-6-7-15-13(14-2)16-8-9-17(3)10-12-18-4;/h5-12H2,1-4H3,(H2,14,15,16);1H. The third kappa shape index (κ3) is 14.3. The number of methoxy groups -OCH3 is 1. The summed E-state index contributed by atoms with van der Waals surface area (Å²) >= 11 is 0. The number of hydrogen-bond acceptors (Lipinski definition) is 4. The van der Waals surface area contributed by atoms with Gasteiger partial charge in [-0.3, -0.25) is 4.99 Å². The van der Waals surface area contributed by atoms with Crippen molar-refractivity contribution >= 4 is 29.9 Å². The minimum Gasteiger partial charge on any atom is -0.383 e. The van der Waals surface area contributed by atoms with Gasteiger partial charge in [-0.05, 0) is 20.4 Å². The monoisotopic (exact) mass is 402 g/mol. The van der Waals surface area contributed by atoms with Gasteiger partial charge >= 0.3 is 0 Å². The number of hydrogen-bond donors (Lipinski definition) is 2. The van der Waals surface area contributed by atoms with E-state index >= 15 is 0 Å². The molecular formula is C13H31IN4O2. The zero-order chi connectivity index (χ0) is 14.3. The van der Waals surface area contributed by atoms with Crippen LogP contribution in [0.5, 0.6) is 0 Å². The summed E-state index contributed by atoms with van der Waals surface area (Å²) in [6, 6.07) is 0. The number of likely N-dealkylation sites (N-methyl/N-ethyl adjacent to an activating group) is 1. The van der Waals surface area contributed by atoms with E-state index < -0.39 is 0 Å². The van der Waals surface area contributed by atoms with Crippen LogP contribution in [0.3, 0.4) is 0 Å². The van der Waals surface area contributed by atoms with Crippen LogP contribution in [0.2, 0.25) is 0 Å². The van der Waals surface area contributed by atoms with Gasteiger partial charge in [0, 0.05) is 53.6 Å². The summed E-state index contributed by atoms with van der Waals surface area (Å²) in [4.78, 5) is 6.40. The second kappa shape index (κ2) is 16.9. The number of nitrogens with zero attached hydrogens (tertiary/aromatic N) is 2. The maximum Gasteiger partial charge on any atom is 0.191 e. The van der Waals surface area contributed by atoms with Crippen molar-refractivity contribution in [2.45, 2.75) is 13.3 Å². The van der Waals surface area contributed by atoms with Gasteiger partial charge in [0.05, 0.1) is 6.61 Å². The average Bonchev–Trinajstić information content (AvgIpc) is 2.42. The molecule has 0 aromatic rings. The van der Waals surface area contributed by atoms with Crippen LogP contribution >= 0.6 is 24.0 Å². The Kier molecular flexibility index (Phi) is 18.8. The van der Waals surface area contributed by atoms with Crippen LogP contribution in [0, 0.1) is 0 Å². The molecule has 0 aromatic carbocycles. The molecule has 0 aliphatic heterocycles. The lowest BCUT2D eigenvalue weighted by Gasteiger charge is -2.17. The minimum atomic E-state index is 0. The van der Waals surface area contributed by atoms with Gasteiger partial charge in [-0.15, -0.1) is 24.0 Å². The molecule has 7 heteroatoms. The van der Waals surface area contributed by atoms with E-state index in [1.165, 1.54) is 0 Å². The molecule has 0 rings (SSSR count). The molecule has 0 saturated heterocycles. The largest absolute Gasteiger partial charge is 0.383 e. The fourth-order valence-corrected chi connectivity index (χ4v) is 1.47. The molecule has 0 amide bonds. The van der Waals surface area contributed by atoms with E-state index in [9.17, 15) is 0 Å². The first-order valence-corrected chi connectivity index (χ1v) is 6.94. The first kappa shape index (κ1) is 22.2. The normalized spacial score (nSPS) is 11.3. The third-order valence-electron chi connectivity index (χ3n) is 2.65. The van der Waals surface area contributed by atoms with Gasteiger partial charge in [0.2, 0.25) is 0 Å². The third-order valence-corrected chi connectivity index (χ3v) is 2.65. The Bertz CT molecular complexity index is 230.